The fourth-order valence-corrected chi connectivity index (χ4v) is 2.87. The zero-order valence-electron chi connectivity index (χ0n) is 11.2. The molecule has 0 spiro atoms. The lowest BCUT2D eigenvalue weighted by Gasteiger charge is -2.28. The smallest absolute Gasteiger partial charge is 0.0323 e. The maximum atomic E-state index is 6.40. The highest BCUT2D eigenvalue weighted by Crippen LogP contribution is 2.33. The zero-order chi connectivity index (χ0) is 12.3. The second-order valence-electron chi connectivity index (χ2n) is 5.75. The molecule has 1 saturated carbocycles. The van der Waals surface area contributed by atoms with Gasteiger partial charge >= 0.3 is 0 Å². The van der Waals surface area contributed by atoms with E-state index < -0.39 is 0 Å². The van der Waals surface area contributed by atoms with E-state index in [0.717, 1.165) is 0 Å². The number of benzene rings is 1. The molecular formula is C16H25N. The summed E-state index contributed by atoms with van der Waals surface area (Å²) in [5.41, 5.74) is 9.12. The SMILES string of the molecule is CC(C)c1ccc([C@@H](N)C2CCCCC2)cc1. The molecule has 0 radical (unpaired) electrons. The summed E-state index contributed by atoms with van der Waals surface area (Å²) in [6, 6.07) is 9.19. The highest BCUT2D eigenvalue weighted by atomic mass is 14.7. The quantitative estimate of drug-likeness (QED) is 0.820. The average molecular weight is 231 g/mol. The van der Waals surface area contributed by atoms with E-state index in [1.165, 1.54) is 43.2 Å². The Morgan fingerprint density at radius 3 is 2.00 bits per heavy atom. The number of hydrogen-bond donors (Lipinski definition) is 1. The van der Waals surface area contributed by atoms with Crippen molar-refractivity contribution in [1.82, 2.24) is 0 Å². The summed E-state index contributed by atoms with van der Waals surface area (Å²) in [6.07, 6.45) is 6.75. The Morgan fingerprint density at radius 1 is 0.941 bits per heavy atom. The third-order valence-corrected chi connectivity index (χ3v) is 4.15. The predicted molar refractivity (Wildman–Crippen MR) is 74.0 cm³/mol. The zero-order valence-corrected chi connectivity index (χ0v) is 11.2. The largest absolute Gasteiger partial charge is 0.324 e. The first kappa shape index (κ1) is 12.6. The van der Waals surface area contributed by atoms with Gasteiger partial charge in [0.2, 0.25) is 0 Å². The molecule has 1 aliphatic carbocycles. The molecule has 2 N–H and O–H groups in total. The van der Waals surface area contributed by atoms with Crippen molar-refractivity contribution in [2.24, 2.45) is 11.7 Å². The van der Waals surface area contributed by atoms with Gasteiger partial charge in [-0.05, 0) is 35.8 Å². The van der Waals surface area contributed by atoms with Crippen molar-refractivity contribution >= 4 is 0 Å². The first-order valence-electron chi connectivity index (χ1n) is 7.04. The molecule has 1 aliphatic rings. The monoisotopic (exact) mass is 231 g/mol. The fraction of sp³-hybridized carbons (Fsp3) is 0.625. The Balaban J connectivity index is 2.05. The minimum atomic E-state index is 0.247. The molecule has 0 unspecified atom stereocenters. The van der Waals surface area contributed by atoms with Gasteiger partial charge in [0.1, 0.15) is 0 Å². The van der Waals surface area contributed by atoms with Crippen LogP contribution in [0, 0.1) is 5.92 Å². The third kappa shape index (κ3) is 3.10. The summed E-state index contributed by atoms with van der Waals surface area (Å²) in [5.74, 6) is 1.31. The van der Waals surface area contributed by atoms with Crippen molar-refractivity contribution in [2.45, 2.75) is 57.9 Å². The molecule has 1 aromatic rings. The van der Waals surface area contributed by atoms with Crippen molar-refractivity contribution < 1.29 is 0 Å². The second kappa shape index (κ2) is 5.68. The summed E-state index contributed by atoms with van der Waals surface area (Å²) < 4.78 is 0. The van der Waals surface area contributed by atoms with Crippen LogP contribution in [0.4, 0.5) is 0 Å². The van der Waals surface area contributed by atoms with Crippen molar-refractivity contribution in [1.29, 1.82) is 0 Å². The van der Waals surface area contributed by atoms with E-state index in [1.54, 1.807) is 0 Å². The highest BCUT2D eigenvalue weighted by Gasteiger charge is 2.21. The van der Waals surface area contributed by atoms with Gasteiger partial charge in [-0.2, -0.15) is 0 Å². The van der Waals surface area contributed by atoms with Gasteiger partial charge in [-0.1, -0.05) is 57.4 Å². The molecule has 0 aliphatic heterocycles. The van der Waals surface area contributed by atoms with E-state index in [0.29, 0.717) is 11.8 Å². The van der Waals surface area contributed by atoms with Crippen LogP contribution in [0.5, 0.6) is 0 Å². The molecule has 0 amide bonds. The summed E-state index contributed by atoms with van der Waals surface area (Å²) in [7, 11) is 0. The van der Waals surface area contributed by atoms with E-state index in [4.69, 9.17) is 5.73 Å². The fourth-order valence-electron chi connectivity index (χ4n) is 2.87. The minimum Gasteiger partial charge on any atom is -0.324 e. The van der Waals surface area contributed by atoms with E-state index >= 15 is 0 Å². The molecule has 0 heterocycles. The molecule has 0 saturated heterocycles. The van der Waals surface area contributed by atoms with Crippen LogP contribution in [0.1, 0.15) is 69.0 Å². The Morgan fingerprint density at radius 2 is 1.47 bits per heavy atom. The van der Waals surface area contributed by atoms with Crippen LogP contribution in [0.2, 0.25) is 0 Å². The van der Waals surface area contributed by atoms with E-state index in [-0.39, 0.29) is 6.04 Å². The number of rotatable bonds is 3. The number of hydrogen-bond acceptors (Lipinski definition) is 1. The van der Waals surface area contributed by atoms with Crippen molar-refractivity contribution in [3.63, 3.8) is 0 Å². The van der Waals surface area contributed by atoms with Crippen molar-refractivity contribution in [3.8, 4) is 0 Å². The van der Waals surface area contributed by atoms with Gasteiger partial charge in [0.25, 0.3) is 0 Å². The lowest BCUT2D eigenvalue weighted by molar-refractivity contribution is 0.308. The molecule has 1 fully saturated rings. The molecule has 1 nitrogen and oxygen atoms in total. The Bertz CT molecular complexity index is 333. The Hall–Kier alpha value is -0.820. The predicted octanol–water partition coefficient (Wildman–Crippen LogP) is 4.39. The Labute approximate surface area is 105 Å². The van der Waals surface area contributed by atoms with Gasteiger partial charge < -0.3 is 5.73 Å². The van der Waals surface area contributed by atoms with Gasteiger partial charge in [0.15, 0.2) is 0 Å². The molecule has 0 bridgehead atoms. The van der Waals surface area contributed by atoms with Crippen LogP contribution < -0.4 is 5.73 Å². The van der Waals surface area contributed by atoms with Crippen LogP contribution in [-0.4, -0.2) is 0 Å². The molecule has 94 valence electrons. The van der Waals surface area contributed by atoms with Crippen molar-refractivity contribution in [3.05, 3.63) is 35.4 Å². The highest BCUT2D eigenvalue weighted by molar-refractivity contribution is 5.27. The molecule has 1 aromatic carbocycles. The van der Waals surface area contributed by atoms with E-state index in [1.807, 2.05) is 0 Å². The van der Waals surface area contributed by atoms with Gasteiger partial charge in [0.05, 0.1) is 0 Å². The lowest BCUT2D eigenvalue weighted by Crippen LogP contribution is -2.23. The molecule has 17 heavy (non-hydrogen) atoms. The molecule has 0 aromatic heterocycles. The van der Waals surface area contributed by atoms with E-state index in [2.05, 4.69) is 38.1 Å². The van der Waals surface area contributed by atoms with E-state index in [9.17, 15) is 0 Å². The first-order valence-corrected chi connectivity index (χ1v) is 7.04. The molecule has 1 heteroatoms. The van der Waals surface area contributed by atoms with Crippen molar-refractivity contribution in [2.75, 3.05) is 0 Å². The summed E-state index contributed by atoms with van der Waals surface area (Å²) in [6.45, 7) is 4.46. The van der Waals surface area contributed by atoms with Gasteiger partial charge in [-0.25, -0.2) is 0 Å². The maximum Gasteiger partial charge on any atom is 0.0323 e. The van der Waals surface area contributed by atoms with Gasteiger partial charge in [-0.15, -0.1) is 0 Å². The molecule has 2 rings (SSSR count). The standard InChI is InChI=1S/C16H25N/c1-12(2)13-8-10-15(11-9-13)16(17)14-6-4-3-5-7-14/h8-12,14,16H,3-7,17H2,1-2H3/t16-/m0/s1. The summed E-state index contributed by atoms with van der Waals surface area (Å²) >= 11 is 0. The van der Waals surface area contributed by atoms with Crippen LogP contribution in [-0.2, 0) is 0 Å². The van der Waals surface area contributed by atoms with Gasteiger partial charge in [-0.3, -0.25) is 0 Å². The molecular weight excluding hydrogens is 206 g/mol. The van der Waals surface area contributed by atoms with Gasteiger partial charge in [0, 0.05) is 6.04 Å². The number of nitrogens with two attached hydrogens (primary N) is 1. The van der Waals surface area contributed by atoms with Crippen LogP contribution in [0.25, 0.3) is 0 Å². The lowest BCUT2D eigenvalue weighted by atomic mass is 9.81. The summed E-state index contributed by atoms with van der Waals surface area (Å²) in [4.78, 5) is 0. The van der Waals surface area contributed by atoms with Crippen LogP contribution in [0.15, 0.2) is 24.3 Å². The first-order chi connectivity index (χ1) is 8.18. The second-order valence-corrected chi connectivity index (χ2v) is 5.75. The third-order valence-electron chi connectivity index (χ3n) is 4.15. The minimum absolute atomic E-state index is 0.247. The molecule has 1 atom stereocenters. The average Bonchev–Trinajstić information content (AvgIpc) is 2.39. The van der Waals surface area contributed by atoms with Crippen LogP contribution in [0.3, 0.4) is 0 Å². The maximum absolute atomic E-state index is 6.40. The van der Waals surface area contributed by atoms with Crippen LogP contribution >= 0.6 is 0 Å². The topological polar surface area (TPSA) is 26.0 Å². The normalized spacial score (nSPS) is 19.5. The summed E-state index contributed by atoms with van der Waals surface area (Å²) in [5, 5.41) is 0. The Kier molecular flexibility index (Phi) is 4.22.